The minimum Gasteiger partial charge on any atom is -0.273 e. The molecule has 0 radical (unpaired) electrons. The van der Waals surface area contributed by atoms with Crippen LogP contribution in [0.4, 0.5) is 0 Å². The van der Waals surface area contributed by atoms with E-state index in [1.54, 1.807) is 48.5 Å². The van der Waals surface area contributed by atoms with Crippen LogP contribution in [0.5, 0.6) is 0 Å². The quantitative estimate of drug-likeness (QED) is 0.604. The normalized spacial score (nSPS) is 17.7. The molecule has 29 heavy (non-hydrogen) atoms. The number of carbonyl (C=O) groups is 1. The summed E-state index contributed by atoms with van der Waals surface area (Å²) in [5, 5.41) is 12.7. The summed E-state index contributed by atoms with van der Waals surface area (Å²) in [5.74, 6) is -0.763. The molecule has 0 unspecified atom stereocenters. The second-order valence-corrected chi connectivity index (χ2v) is 8.92. The van der Waals surface area contributed by atoms with Gasteiger partial charge in [-0.2, -0.15) is 14.7 Å². The summed E-state index contributed by atoms with van der Waals surface area (Å²) in [6, 6.07) is 15.5. The summed E-state index contributed by atoms with van der Waals surface area (Å²) >= 11 is 0. The van der Waals surface area contributed by atoms with E-state index in [-0.39, 0.29) is 17.3 Å². The molecule has 1 aliphatic rings. The Bertz CT molecular complexity index is 1040. The van der Waals surface area contributed by atoms with Crippen molar-refractivity contribution in [2.75, 3.05) is 13.1 Å². The van der Waals surface area contributed by atoms with Crippen molar-refractivity contribution in [2.45, 2.75) is 24.7 Å². The van der Waals surface area contributed by atoms with Crippen LogP contribution in [0.25, 0.3) is 0 Å². The smallest absolute Gasteiger partial charge is 0.244 e. The van der Waals surface area contributed by atoms with Gasteiger partial charge in [0.2, 0.25) is 15.9 Å². The molecule has 0 aromatic heterocycles. The number of aryl methyl sites for hydroxylation is 1. The molecule has 2 aromatic rings. The van der Waals surface area contributed by atoms with Gasteiger partial charge in [-0.1, -0.05) is 29.8 Å². The molecule has 7 nitrogen and oxygen atoms in total. The highest BCUT2D eigenvalue weighted by Gasteiger charge is 2.33. The van der Waals surface area contributed by atoms with Gasteiger partial charge in [-0.3, -0.25) is 4.79 Å². The van der Waals surface area contributed by atoms with E-state index in [1.165, 1.54) is 10.5 Å². The lowest BCUT2D eigenvalue weighted by atomic mass is 9.99. The molecule has 3 rings (SSSR count). The second-order valence-electron chi connectivity index (χ2n) is 6.98. The van der Waals surface area contributed by atoms with Crippen molar-refractivity contribution in [3.63, 3.8) is 0 Å². The van der Waals surface area contributed by atoms with Gasteiger partial charge in [0.05, 0.1) is 28.7 Å². The molecule has 1 aliphatic heterocycles. The van der Waals surface area contributed by atoms with Gasteiger partial charge in [0.1, 0.15) is 0 Å². The Hall–Kier alpha value is -3.02. The van der Waals surface area contributed by atoms with E-state index in [9.17, 15) is 13.2 Å². The molecule has 8 heteroatoms. The Balaban J connectivity index is 1.62. The van der Waals surface area contributed by atoms with Crippen molar-refractivity contribution in [2.24, 2.45) is 11.0 Å². The van der Waals surface area contributed by atoms with Crippen LogP contribution in [0.1, 0.15) is 29.5 Å². The third-order valence-corrected chi connectivity index (χ3v) is 6.72. The van der Waals surface area contributed by atoms with Crippen LogP contribution in [-0.2, 0) is 14.8 Å². The molecule has 1 N–H and O–H groups in total. The number of hydrogen-bond acceptors (Lipinski definition) is 5. The fourth-order valence-electron chi connectivity index (χ4n) is 3.14. The lowest BCUT2D eigenvalue weighted by molar-refractivity contribution is -0.126. The van der Waals surface area contributed by atoms with E-state index in [0.29, 0.717) is 24.9 Å². The Morgan fingerprint density at radius 2 is 1.90 bits per heavy atom. The molecule has 0 bridgehead atoms. The maximum atomic E-state index is 12.9. The molecule has 0 spiro atoms. The van der Waals surface area contributed by atoms with E-state index in [0.717, 1.165) is 11.1 Å². The van der Waals surface area contributed by atoms with E-state index < -0.39 is 15.9 Å². The number of piperidine rings is 1. The third-order valence-electron chi connectivity index (χ3n) is 4.84. The van der Waals surface area contributed by atoms with Crippen molar-refractivity contribution in [1.82, 2.24) is 9.73 Å². The van der Waals surface area contributed by atoms with Crippen molar-refractivity contribution in [3.05, 3.63) is 65.2 Å². The third kappa shape index (κ3) is 5.08. The van der Waals surface area contributed by atoms with Crippen LogP contribution in [0, 0.1) is 24.2 Å². The summed E-state index contributed by atoms with van der Waals surface area (Å²) in [6.07, 6.45) is 2.71. The molecule has 0 aliphatic carbocycles. The largest absolute Gasteiger partial charge is 0.273 e. The first-order valence-electron chi connectivity index (χ1n) is 9.30. The van der Waals surface area contributed by atoms with E-state index >= 15 is 0 Å². The molecule has 1 atom stereocenters. The Morgan fingerprint density at radius 1 is 1.21 bits per heavy atom. The predicted molar refractivity (Wildman–Crippen MR) is 110 cm³/mol. The molecular formula is C21H22N4O3S. The van der Waals surface area contributed by atoms with Gasteiger partial charge in [0, 0.05) is 13.1 Å². The van der Waals surface area contributed by atoms with Crippen LogP contribution in [-0.4, -0.2) is 37.9 Å². The average Bonchev–Trinajstić information content (AvgIpc) is 2.74. The summed E-state index contributed by atoms with van der Waals surface area (Å²) in [5.41, 5.74) is 4.77. The zero-order valence-electron chi connectivity index (χ0n) is 16.1. The van der Waals surface area contributed by atoms with Gasteiger partial charge in [-0.15, -0.1) is 0 Å². The number of hydrazone groups is 1. The van der Waals surface area contributed by atoms with Crippen molar-refractivity contribution >= 4 is 22.1 Å². The topological polar surface area (TPSA) is 103 Å². The fraction of sp³-hybridized carbons (Fsp3) is 0.286. The van der Waals surface area contributed by atoms with Crippen molar-refractivity contribution < 1.29 is 13.2 Å². The lowest BCUT2D eigenvalue weighted by Gasteiger charge is -2.30. The molecule has 1 amide bonds. The summed E-state index contributed by atoms with van der Waals surface area (Å²) in [6.45, 7) is 2.43. The molecule has 1 saturated heterocycles. The lowest BCUT2D eigenvalue weighted by Crippen LogP contribution is -2.44. The number of hydrogen-bond donors (Lipinski definition) is 1. The number of carbonyl (C=O) groups excluding carboxylic acids is 1. The minimum absolute atomic E-state index is 0.133. The number of rotatable bonds is 5. The van der Waals surface area contributed by atoms with E-state index in [2.05, 4.69) is 10.5 Å². The first-order valence-corrected chi connectivity index (χ1v) is 10.7. The van der Waals surface area contributed by atoms with Gasteiger partial charge in [0.25, 0.3) is 0 Å². The zero-order chi connectivity index (χ0) is 20.9. The standard InChI is InChI=1S/C21H22N4O3S/c1-16-4-10-20(11-5-16)29(27,28)25-12-2-3-19(15-25)21(26)24-23-14-18-8-6-17(13-22)7-9-18/h4-11,14,19H,2-3,12,15H2,1H3,(H,24,26)/b23-14-/t19-/m0/s1. The summed E-state index contributed by atoms with van der Waals surface area (Å²) in [4.78, 5) is 12.7. The Morgan fingerprint density at radius 3 is 2.55 bits per heavy atom. The highest BCUT2D eigenvalue weighted by molar-refractivity contribution is 7.89. The zero-order valence-corrected chi connectivity index (χ0v) is 16.9. The molecule has 1 fully saturated rings. The highest BCUT2D eigenvalue weighted by atomic mass is 32.2. The van der Waals surface area contributed by atoms with Gasteiger partial charge in [0.15, 0.2) is 0 Å². The number of nitrogens with one attached hydrogen (secondary N) is 1. The molecule has 150 valence electrons. The SMILES string of the molecule is Cc1ccc(S(=O)(=O)N2CCC[C@H](C(=O)N/N=C\c3ccc(C#N)cc3)C2)cc1. The average molecular weight is 410 g/mol. The van der Waals surface area contributed by atoms with Crippen molar-refractivity contribution in [1.29, 1.82) is 5.26 Å². The predicted octanol–water partition coefficient (Wildman–Crippen LogP) is 2.42. The van der Waals surface area contributed by atoms with Crippen LogP contribution in [0.15, 0.2) is 58.5 Å². The van der Waals surface area contributed by atoms with Crippen LogP contribution in [0.3, 0.4) is 0 Å². The molecule has 0 saturated carbocycles. The Kier molecular flexibility index (Phi) is 6.42. The maximum Gasteiger partial charge on any atom is 0.244 e. The first kappa shape index (κ1) is 20.7. The second kappa shape index (κ2) is 8.99. The maximum absolute atomic E-state index is 12.9. The fourth-order valence-corrected chi connectivity index (χ4v) is 4.66. The summed E-state index contributed by atoms with van der Waals surface area (Å²) < 4.78 is 27.1. The summed E-state index contributed by atoms with van der Waals surface area (Å²) in [7, 11) is -3.63. The van der Waals surface area contributed by atoms with Gasteiger partial charge < -0.3 is 0 Å². The van der Waals surface area contributed by atoms with Gasteiger partial charge >= 0.3 is 0 Å². The monoisotopic (exact) mass is 410 g/mol. The molecule has 2 aromatic carbocycles. The van der Waals surface area contributed by atoms with Crippen molar-refractivity contribution in [3.8, 4) is 6.07 Å². The van der Waals surface area contributed by atoms with Crippen LogP contribution < -0.4 is 5.43 Å². The number of benzene rings is 2. The highest BCUT2D eigenvalue weighted by Crippen LogP contribution is 2.24. The van der Waals surface area contributed by atoms with E-state index in [4.69, 9.17) is 5.26 Å². The number of sulfonamides is 1. The number of nitrogens with zero attached hydrogens (tertiary/aromatic N) is 3. The minimum atomic E-state index is -3.63. The number of amides is 1. The van der Waals surface area contributed by atoms with Crippen LogP contribution in [0.2, 0.25) is 0 Å². The van der Waals surface area contributed by atoms with Gasteiger partial charge in [-0.25, -0.2) is 13.8 Å². The van der Waals surface area contributed by atoms with E-state index in [1.807, 2.05) is 13.0 Å². The first-order chi connectivity index (χ1) is 13.9. The number of nitriles is 1. The van der Waals surface area contributed by atoms with Gasteiger partial charge in [-0.05, 0) is 49.6 Å². The van der Waals surface area contributed by atoms with Crippen LogP contribution >= 0.6 is 0 Å². The molecular weight excluding hydrogens is 388 g/mol. The molecule has 1 heterocycles. The Labute approximate surface area is 170 Å².